The number of nitrogens with one attached hydrogen (secondary N) is 1. The van der Waals surface area contributed by atoms with E-state index in [0.29, 0.717) is 34.2 Å². The van der Waals surface area contributed by atoms with E-state index >= 15 is 0 Å². The summed E-state index contributed by atoms with van der Waals surface area (Å²) in [7, 11) is 0. The Morgan fingerprint density at radius 2 is 2.21 bits per heavy atom. The van der Waals surface area contributed by atoms with Crippen LogP contribution in [0.2, 0.25) is 0 Å². The number of hydrogen-bond donors (Lipinski definition) is 1. The van der Waals surface area contributed by atoms with Crippen LogP contribution < -0.4 is 5.32 Å². The van der Waals surface area contributed by atoms with Crippen molar-refractivity contribution in [1.29, 1.82) is 10.5 Å². The van der Waals surface area contributed by atoms with Gasteiger partial charge in [0, 0.05) is 22.7 Å². The van der Waals surface area contributed by atoms with Crippen LogP contribution in [0.3, 0.4) is 0 Å². The molecule has 2 aromatic rings. The van der Waals surface area contributed by atoms with Crippen molar-refractivity contribution < 1.29 is 4.79 Å². The molecule has 1 unspecified atom stereocenters. The second kappa shape index (κ2) is 8.57. The van der Waals surface area contributed by atoms with Gasteiger partial charge in [-0.2, -0.15) is 10.5 Å². The Morgan fingerprint density at radius 1 is 1.34 bits per heavy atom. The molecule has 0 aliphatic heterocycles. The lowest BCUT2D eigenvalue weighted by Gasteiger charge is -2.17. The standard InChI is InChI=1S/C22H22N4OS2/c1-13-5-6-16-17(12-24)22(29-19(16)9-13)26-20(27)7-8-28-21-15(11-23)10-14-3-2-4-18(14)25-21/h10,13H,2-9H2,1H3,(H,26,27). The number of amides is 1. The van der Waals surface area contributed by atoms with Gasteiger partial charge in [0.1, 0.15) is 22.2 Å². The molecule has 0 radical (unpaired) electrons. The fourth-order valence-corrected chi connectivity index (χ4v) is 6.32. The number of carbonyl (C=O) groups excluding carboxylic acids is 1. The van der Waals surface area contributed by atoms with Crippen LogP contribution in [0.1, 0.15) is 59.0 Å². The quantitative estimate of drug-likeness (QED) is 0.710. The zero-order chi connectivity index (χ0) is 20.4. The van der Waals surface area contributed by atoms with Gasteiger partial charge in [0.2, 0.25) is 5.91 Å². The fraction of sp³-hybridized carbons (Fsp3) is 0.455. The third kappa shape index (κ3) is 4.17. The molecule has 1 amide bonds. The molecule has 0 bridgehead atoms. The van der Waals surface area contributed by atoms with Gasteiger partial charge in [0.15, 0.2) is 0 Å². The first-order chi connectivity index (χ1) is 14.1. The zero-order valence-corrected chi connectivity index (χ0v) is 18.0. The maximum absolute atomic E-state index is 12.5. The van der Waals surface area contributed by atoms with Gasteiger partial charge in [0.25, 0.3) is 0 Å². The molecule has 0 aromatic carbocycles. The Hall–Kier alpha value is -2.35. The Labute approximate surface area is 179 Å². The lowest BCUT2D eigenvalue weighted by Crippen LogP contribution is -2.12. The van der Waals surface area contributed by atoms with E-state index in [2.05, 4.69) is 29.4 Å². The molecule has 5 nitrogen and oxygen atoms in total. The van der Waals surface area contributed by atoms with Crippen LogP contribution in [0.5, 0.6) is 0 Å². The summed E-state index contributed by atoms with van der Waals surface area (Å²) >= 11 is 3.01. The van der Waals surface area contributed by atoms with Crippen molar-refractivity contribution in [2.45, 2.75) is 56.9 Å². The molecule has 7 heteroatoms. The second-order valence-electron chi connectivity index (χ2n) is 7.73. The number of aromatic nitrogens is 1. The average Bonchev–Trinajstić information content (AvgIpc) is 3.29. The van der Waals surface area contributed by atoms with Crippen LogP contribution in [-0.2, 0) is 30.5 Å². The molecule has 29 heavy (non-hydrogen) atoms. The van der Waals surface area contributed by atoms with Crippen LogP contribution >= 0.6 is 23.1 Å². The van der Waals surface area contributed by atoms with Crippen LogP contribution in [0.4, 0.5) is 5.00 Å². The van der Waals surface area contributed by atoms with E-state index in [9.17, 15) is 15.3 Å². The maximum atomic E-state index is 12.5. The molecule has 1 N–H and O–H groups in total. The molecule has 148 valence electrons. The number of thiophene rings is 1. The molecular weight excluding hydrogens is 400 g/mol. The molecule has 0 spiro atoms. The van der Waals surface area contributed by atoms with Gasteiger partial charge in [-0.05, 0) is 61.6 Å². The van der Waals surface area contributed by atoms with Crippen molar-refractivity contribution in [1.82, 2.24) is 4.98 Å². The maximum Gasteiger partial charge on any atom is 0.225 e. The van der Waals surface area contributed by atoms with Crippen molar-refractivity contribution in [3.63, 3.8) is 0 Å². The van der Waals surface area contributed by atoms with Gasteiger partial charge in [0.05, 0.1) is 11.1 Å². The van der Waals surface area contributed by atoms with Gasteiger partial charge < -0.3 is 5.32 Å². The van der Waals surface area contributed by atoms with E-state index in [-0.39, 0.29) is 5.91 Å². The van der Waals surface area contributed by atoms with E-state index in [0.717, 1.165) is 54.8 Å². The number of thioether (sulfide) groups is 1. The highest BCUT2D eigenvalue weighted by Crippen LogP contribution is 2.39. The summed E-state index contributed by atoms with van der Waals surface area (Å²) < 4.78 is 0. The van der Waals surface area contributed by atoms with E-state index in [1.54, 1.807) is 11.3 Å². The predicted octanol–water partition coefficient (Wildman–Crippen LogP) is 4.62. The Morgan fingerprint density at radius 3 is 3.00 bits per heavy atom. The highest BCUT2D eigenvalue weighted by Gasteiger charge is 2.24. The van der Waals surface area contributed by atoms with E-state index in [1.807, 2.05) is 6.07 Å². The Bertz CT molecular complexity index is 1040. The van der Waals surface area contributed by atoms with Gasteiger partial charge in [-0.1, -0.05) is 6.92 Å². The molecule has 2 aromatic heterocycles. The average molecular weight is 423 g/mol. The van der Waals surface area contributed by atoms with E-state index in [1.165, 1.54) is 22.2 Å². The molecular formula is C22H22N4OS2. The SMILES string of the molecule is CC1CCc2c(sc(NC(=O)CCSc3nc4c(cc3C#N)CCC4)c2C#N)C1. The van der Waals surface area contributed by atoms with Gasteiger partial charge >= 0.3 is 0 Å². The minimum Gasteiger partial charge on any atom is -0.317 e. The summed E-state index contributed by atoms with van der Waals surface area (Å²) in [6, 6.07) is 6.47. The van der Waals surface area contributed by atoms with Crippen molar-refractivity contribution >= 4 is 34.0 Å². The number of rotatable bonds is 5. The number of nitriles is 2. The van der Waals surface area contributed by atoms with Crippen molar-refractivity contribution in [3.8, 4) is 12.1 Å². The van der Waals surface area contributed by atoms with Crippen LogP contribution in [-0.4, -0.2) is 16.6 Å². The molecule has 0 fully saturated rings. The first-order valence-corrected chi connectivity index (χ1v) is 11.8. The molecule has 1 atom stereocenters. The van der Waals surface area contributed by atoms with Crippen LogP contribution in [0.15, 0.2) is 11.1 Å². The summed E-state index contributed by atoms with van der Waals surface area (Å²) in [5.41, 5.74) is 4.64. The summed E-state index contributed by atoms with van der Waals surface area (Å²) in [6.45, 7) is 2.23. The Balaban J connectivity index is 1.38. The Kier molecular flexibility index (Phi) is 5.89. The normalized spacial score (nSPS) is 17.1. The third-order valence-corrected chi connectivity index (χ3v) is 7.74. The lowest BCUT2D eigenvalue weighted by molar-refractivity contribution is -0.115. The molecule has 2 aliphatic carbocycles. The number of carbonyl (C=O) groups is 1. The minimum atomic E-state index is -0.0969. The number of hydrogen-bond acceptors (Lipinski definition) is 6. The number of pyridine rings is 1. The fourth-order valence-electron chi connectivity index (χ4n) is 4.03. The van der Waals surface area contributed by atoms with E-state index in [4.69, 9.17) is 0 Å². The van der Waals surface area contributed by atoms with Gasteiger partial charge in [-0.25, -0.2) is 4.98 Å². The summed E-state index contributed by atoms with van der Waals surface area (Å²) in [5.74, 6) is 1.08. The smallest absolute Gasteiger partial charge is 0.225 e. The summed E-state index contributed by atoms with van der Waals surface area (Å²) in [4.78, 5) is 18.4. The zero-order valence-electron chi connectivity index (χ0n) is 16.4. The number of fused-ring (bicyclic) bond motifs is 2. The highest BCUT2D eigenvalue weighted by molar-refractivity contribution is 7.99. The van der Waals surface area contributed by atoms with Crippen molar-refractivity contribution in [2.24, 2.45) is 5.92 Å². The summed E-state index contributed by atoms with van der Waals surface area (Å²) in [6.07, 6.45) is 6.37. The number of anilines is 1. The van der Waals surface area contributed by atoms with Crippen molar-refractivity contribution in [2.75, 3.05) is 11.1 Å². The highest BCUT2D eigenvalue weighted by atomic mass is 32.2. The first kappa shape index (κ1) is 19.9. The third-order valence-electron chi connectivity index (χ3n) is 5.58. The second-order valence-corrected chi connectivity index (χ2v) is 9.92. The summed E-state index contributed by atoms with van der Waals surface area (Å²) in [5, 5.41) is 23.3. The molecule has 4 rings (SSSR count). The van der Waals surface area contributed by atoms with Gasteiger partial charge in [-0.3, -0.25) is 4.79 Å². The predicted molar refractivity (Wildman–Crippen MR) is 115 cm³/mol. The van der Waals surface area contributed by atoms with Crippen LogP contribution in [0.25, 0.3) is 0 Å². The minimum absolute atomic E-state index is 0.0969. The van der Waals surface area contributed by atoms with Crippen molar-refractivity contribution in [3.05, 3.63) is 38.9 Å². The molecule has 2 heterocycles. The van der Waals surface area contributed by atoms with Gasteiger partial charge in [-0.15, -0.1) is 23.1 Å². The van der Waals surface area contributed by atoms with Crippen LogP contribution in [0, 0.1) is 28.6 Å². The monoisotopic (exact) mass is 422 g/mol. The topological polar surface area (TPSA) is 89.6 Å². The largest absolute Gasteiger partial charge is 0.317 e. The molecule has 0 saturated carbocycles. The lowest BCUT2D eigenvalue weighted by atomic mass is 9.89. The number of nitrogens with zero attached hydrogens (tertiary/aromatic N) is 3. The van der Waals surface area contributed by atoms with E-state index < -0.39 is 0 Å². The molecule has 0 saturated heterocycles. The molecule has 2 aliphatic rings. The number of aryl methyl sites for hydroxylation is 2. The first-order valence-electron chi connectivity index (χ1n) is 9.99.